The van der Waals surface area contributed by atoms with Crippen LogP contribution in [-0.2, 0) is 0 Å². The highest BCUT2D eigenvalue weighted by molar-refractivity contribution is 5.01. The van der Waals surface area contributed by atoms with E-state index in [0.29, 0.717) is 11.0 Å². The van der Waals surface area contributed by atoms with Crippen LogP contribution in [0.25, 0.3) is 0 Å². The van der Waals surface area contributed by atoms with Crippen LogP contribution < -0.4 is 0 Å². The van der Waals surface area contributed by atoms with Crippen molar-refractivity contribution in [2.24, 2.45) is 5.41 Å². The molecule has 0 bridgehead atoms. The average molecular weight is 224 g/mol. The number of rotatable bonds is 1. The molecule has 2 saturated heterocycles. The van der Waals surface area contributed by atoms with Crippen molar-refractivity contribution >= 4 is 0 Å². The smallest absolute Gasteiger partial charge is 0.0125 e. The Hall–Kier alpha value is -0.0800. The minimum Gasteiger partial charge on any atom is -0.300 e. The van der Waals surface area contributed by atoms with Gasteiger partial charge in [-0.1, -0.05) is 0 Å². The largest absolute Gasteiger partial charge is 0.300 e. The molecule has 0 radical (unpaired) electrons. The predicted molar refractivity (Wildman–Crippen MR) is 69.7 cm³/mol. The second kappa shape index (κ2) is 3.99. The Morgan fingerprint density at radius 3 is 2.19 bits per heavy atom. The lowest BCUT2D eigenvalue weighted by molar-refractivity contribution is -0.0870. The van der Waals surface area contributed by atoms with Gasteiger partial charge in [0.25, 0.3) is 0 Å². The predicted octanol–water partition coefficient (Wildman–Crippen LogP) is 2.59. The van der Waals surface area contributed by atoms with Crippen LogP contribution in [0.4, 0.5) is 0 Å². The maximum atomic E-state index is 2.69. The molecule has 0 N–H and O–H groups in total. The first-order valence-electron chi connectivity index (χ1n) is 6.82. The summed E-state index contributed by atoms with van der Waals surface area (Å²) in [4.78, 5) is 5.31. The summed E-state index contributed by atoms with van der Waals surface area (Å²) in [5, 5.41) is 0. The van der Waals surface area contributed by atoms with Gasteiger partial charge in [0.2, 0.25) is 0 Å². The Balaban J connectivity index is 1.94. The van der Waals surface area contributed by atoms with Gasteiger partial charge in [-0.05, 0) is 54.0 Å². The molecule has 2 heteroatoms. The maximum absolute atomic E-state index is 2.69. The summed E-state index contributed by atoms with van der Waals surface area (Å²) in [7, 11) is 0. The fourth-order valence-electron chi connectivity index (χ4n) is 3.22. The SMILES string of the molecule is CC(C)N1CC2(CCCN(C(C)(C)C)C2)C1. The van der Waals surface area contributed by atoms with E-state index in [4.69, 9.17) is 0 Å². The lowest BCUT2D eigenvalue weighted by atomic mass is 9.72. The number of likely N-dealkylation sites (tertiary alicyclic amines) is 2. The number of piperidine rings is 1. The van der Waals surface area contributed by atoms with Crippen molar-refractivity contribution in [1.29, 1.82) is 0 Å². The normalized spacial score (nSPS) is 27.4. The van der Waals surface area contributed by atoms with Crippen molar-refractivity contribution in [3.63, 3.8) is 0 Å². The Kier molecular flexibility index (Phi) is 3.09. The molecule has 2 rings (SSSR count). The monoisotopic (exact) mass is 224 g/mol. The first-order chi connectivity index (χ1) is 7.32. The molecular formula is C14H28N2. The van der Waals surface area contributed by atoms with Gasteiger partial charge in [0, 0.05) is 36.6 Å². The molecule has 0 atom stereocenters. The first kappa shape index (κ1) is 12.4. The van der Waals surface area contributed by atoms with Crippen LogP contribution in [-0.4, -0.2) is 47.6 Å². The van der Waals surface area contributed by atoms with E-state index in [1.807, 2.05) is 0 Å². The second-order valence-corrected chi connectivity index (χ2v) is 7.19. The molecule has 0 saturated carbocycles. The maximum Gasteiger partial charge on any atom is 0.0125 e. The van der Waals surface area contributed by atoms with Crippen LogP contribution in [0.1, 0.15) is 47.5 Å². The number of hydrogen-bond donors (Lipinski definition) is 0. The summed E-state index contributed by atoms with van der Waals surface area (Å²) in [6, 6.07) is 0.732. The minimum absolute atomic E-state index is 0.353. The van der Waals surface area contributed by atoms with Gasteiger partial charge in [-0.25, -0.2) is 0 Å². The fourth-order valence-corrected chi connectivity index (χ4v) is 3.22. The van der Waals surface area contributed by atoms with Crippen molar-refractivity contribution in [1.82, 2.24) is 9.80 Å². The molecule has 2 aliphatic rings. The molecule has 2 nitrogen and oxygen atoms in total. The lowest BCUT2D eigenvalue weighted by Crippen LogP contribution is -2.66. The third-order valence-corrected chi connectivity index (χ3v) is 4.42. The van der Waals surface area contributed by atoms with E-state index in [1.165, 1.54) is 39.0 Å². The standard InChI is InChI=1S/C14H28N2/c1-12(2)15-9-14(10-15)7-6-8-16(11-14)13(3,4)5/h12H,6-11H2,1-5H3. The van der Waals surface area contributed by atoms with Crippen molar-refractivity contribution in [3.05, 3.63) is 0 Å². The van der Waals surface area contributed by atoms with Gasteiger partial charge in [-0.15, -0.1) is 0 Å². The molecule has 0 amide bonds. The second-order valence-electron chi connectivity index (χ2n) is 7.19. The van der Waals surface area contributed by atoms with Crippen molar-refractivity contribution in [2.45, 2.75) is 59.0 Å². The Morgan fingerprint density at radius 1 is 1.06 bits per heavy atom. The molecule has 16 heavy (non-hydrogen) atoms. The summed E-state index contributed by atoms with van der Waals surface area (Å²) in [5.74, 6) is 0. The zero-order valence-electron chi connectivity index (χ0n) is 11.7. The minimum atomic E-state index is 0.353. The summed E-state index contributed by atoms with van der Waals surface area (Å²) in [6.45, 7) is 17.0. The van der Waals surface area contributed by atoms with Gasteiger partial charge >= 0.3 is 0 Å². The van der Waals surface area contributed by atoms with Gasteiger partial charge in [0.1, 0.15) is 0 Å². The highest BCUT2D eigenvalue weighted by Gasteiger charge is 2.47. The van der Waals surface area contributed by atoms with E-state index in [0.717, 1.165) is 6.04 Å². The quantitative estimate of drug-likeness (QED) is 0.675. The number of nitrogens with zero attached hydrogens (tertiary/aromatic N) is 2. The molecule has 0 aliphatic carbocycles. The van der Waals surface area contributed by atoms with Crippen molar-refractivity contribution in [2.75, 3.05) is 26.2 Å². The summed E-state index contributed by atoms with van der Waals surface area (Å²) in [5.41, 5.74) is 0.988. The van der Waals surface area contributed by atoms with E-state index in [9.17, 15) is 0 Å². The van der Waals surface area contributed by atoms with Crippen LogP contribution in [0, 0.1) is 5.41 Å². The topological polar surface area (TPSA) is 6.48 Å². The lowest BCUT2D eigenvalue weighted by Gasteiger charge is -2.58. The van der Waals surface area contributed by atoms with Crippen LogP contribution in [0.15, 0.2) is 0 Å². The van der Waals surface area contributed by atoms with Crippen molar-refractivity contribution < 1.29 is 0 Å². The Bertz CT molecular complexity index is 246. The van der Waals surface area contributed by atoms with Gasteiger partial charge in [-0.2, -0.15) is 0 Å². The first-order valence-corrected chi connectivity index (χ1v) is 6.82. The van der Waals surface area contributed by atoms with Crippen LogP contribution in [0.3, 0.4) is 0 Å². The molecular weight excluding hydrogens is 196 g/mol. The van der Waals surface area contributed by atoms with Gasteiger partial charge in [0.05, 0.1) is 0 Å². The van der Waals surface area contributed by atoms with Crippen LogP contribution >= 0.6 is 0 Å². The average Bonchev–Trinajstić information content (AvgIpc) is 2.12. The zero-order valence-corrected chi connectivity index (χ0v) is 11.7. The van der Waals surface area contributed by atoms with E-state index in [1.54, 1.807) is 0 Å². The molecule has 1 spiro atoms. The third-order valence-electron chi connectivity index (χ3n) is 4.42. The highest BCUT2D eigenvalue weighted by atomic mass is 15.3. The Morgan fingerprint density at radius 2 is 1.69 bits per heavy atom. The van der Waals surface area contributed by atoms with E-state index < -0.39 is 0 Å². The highest BCUT2D eigenvalue weighted by Crippen LogP contribution is 2.41. The van der Waals surface area contributed by atoms with E-state index >= 15 is 0 Å². The van der Waals surface area contributed by atoms with E-state index in [2.05, 4.69) is 44.4 Å². The van der Waals surface area contributed by atoms with Gasteiger partial charge in [0.15, 0.2) is 0 Å². The Labute approximate surface area is 101 Å². The summed E-state index contributed by atoms with van der Waals surface area (Å²) in [6.07, 6.45) is 2.84. The van der Waals surface area contributed by atoms with E-state index in [-0.39, 0.29) is 0 Å². The molecule has 94 valence electrons. The molecule has 0 aromatic heterocycles. The molecule has 0 unspecified atom stereocenters. The number of hydrogen-bond acceptors (Lipinski definition) is 2. The van der Waals surface area contributed by atoms with Gasteiger partial charge in [-0.3, -0.25) is 9.80 Å². The third kappa shape index (κ3) is 2.28. The zero-order chi connectivity index (χ0) is 12.0. The molecule has 2 aliphatic heterocycles. The molecule has 2 fully saturated rings. The summed E-state index contributed by atoms with van der Waals surface area (Å²) < 4.78 is 0. The molecule has 0 aromatic rings. The molecule has 0 aromatic carbocycles. The fraction of sp³-hybridized carbons (Fsp3) is 1.00. The van der Waals surface area contributed by atoms with Crippen LogP contribution in [0.5, 0.6) is 0 Å². The summed E-state index contributed by atoms with van der Waals surface area (Å²) >= 11 is 0. The van der Waals surface area contributed by atoms with Crippen LogP contribution in [0.2, 0.25) is 0 Å². The van der Waals surface area contributed by atoms with Gasteiger partial charge < -0.3 is 0 Å². The van der Waals surface area contributed by atoms with Crippen molar-refractivity contribution in [3.8, 4) is 0 Å². The molecule has 2 heterocycles.